The topological polar surface area (TPSA) is 41.1 Å². The number of nitrogens with one attached hydrogen (secondary N) is 1. The van der Waals surface area contributed by atoms with Crippen molar-refractivity contribution in [1.29, 1.82) is 0 Å². The van der Waals surface area contributed by atoms with E-state index in [0.717, 1.165) is 18.7 Å². The molecule has 0 aliphatic carbocycles. The van der Waals surface area contributed by atoms with Gasteiger partial charge in [-0.1, -0.05) is 36.2 Å². The number of nitrogens with zero attached hydrogens (tertiary/aromatic N) is 3. The highest BCUT2D eigenvalue weighted by molar-refractivity contribution is 6.33. The van der Waals surface area contributed by atoms with Crippen LogP contribution in [0.25, 0.3) is 0 Å². The Hall–Kier alpha value is -1.81. The lowest BCUT2D eigenvalue weighted by Crippen LogP contribution is -2.15. The Bertz CT molecular complexity index is 628. The molecular formula is C16H21ClN4. The van der Waals surface area contributed by atoms with Crippen LogP contribution in [0.3, 0.4) is 0 Å². The summed E-state index contributed by atoms with van der Waals surface area (Å²) >= 11 is 6.26. The summed E-state index contributed by atoms with van der Waals surface area (Å²) in [4.78, 5) is 10.7. The number of anilines is 3. The second kappa shape index (κ2) is 6.76. The van der Waals surface area contributed by atoms with Crippen LogP contribution in [-0.2, 0) is 0 Å². The van der Waals surface area contributed by atoms with Gasteiger partial charge in [0.15, 0.2) is 5.82 Å². The van der Waals surface area contributed by atoms with Crippen LogP contribution < -0.4 is 10.2 Å². The highest BCUT2D eigenvalue weighted by Gasteiger charge is 2.13. The van der Waals surface area contributed by atoms with Gasteiger partial charge in [0.2, 0.25) is 5.95 Å². The van der Waals surface area contributed by atoms with Gasteiger partial charge in [0.1, 0.15) is 5.02 Å². The molecule has 0 saturated carbocycles. The molecule has 0 spiro atoms. The number of aromatic nitrogens is 2. The lowest BCUT2D eigenvalue weighted by atomic mass is 10.1. The quantitative estimate of drug-likeness (QED) is 0.892. The molecule has 0 atom stereocenters. The van der Waals surface area contributed by atoms with Crippen LogP contribution in [0.4, 0.5) is 17.5 Å². The molecule has 0 aliphatic rings. The average molecular weight is 305 g/mol. The molecule has 1 heterocycles. The van der Waals surface area contributed by atoms with E-state index in [2.05, 4.69) is 54.3 Å². The molecule has 4 nitrogen and oxygen atoms in total. The number of rotatable bonds is 5. The monoisotopic (exact) mass is 304 g/mol. The fourth-order valence-corrected chi connectivity index (χ4v) is 2.43. The van der Waals surface area contributed by atoms with Crippen molar-refractivity contribution in [3.8, 4) is 0 Å². The zero-order valence-electron chi connectivity index (χ0n) is 12.9. The molecule has 0 fully saturated rings. The Morgan fingerprint density at radius 2 is 2.05 bits per heavy atom. The van der Waals surface area contributed by atoms with Gasteiger partial charge < -0.3 is 10.2 Å². The number of benzene rings is 1. The van der Waals surface area contributed by atoms with Crippen LogP contribution in [-0.4, -0.2) is 23.6 Å². The lowest BCUT2D eigenvalue weighted by Gasteiger charge is -2.22. The first kappa shape index (κ1) is 15.6. The summed E-state index contributed by atoms with van der Waals surface area (Å²) in [6, 6.07) is 6.32. The van der Waals surface area contributed by atoms with Gasteiger partial charge in [0.05, 0.1) is 6.20 Å². The molecule has 2 rings (SSSR count). The van der Waals surface area contributed by atoms with Gasteiger partial charge in [-0.05, 0) is 31.9 Å². The second-order valence-corrected chi connectivity index (χ2v) is 5.55. The van der Waals surface area contributed by atoms with E-state index < -0.39 is 0 Å². The zero-order chi connectivity index (χ0) is 15.4. The van der Waals surface area contributed by atoms with Crippen molar-refractivity contribution in [2.75, 3.05) is 23.8 Å². The van der Waals surface area contributed by atoms with Gasteiger partial charge in [0.25, 0.3) is 0 Å². The van der Waals surface area contributed by atoms with Gasteiger partial charge in [0, 0.05) is 19.3 Å². The number of halogens is 1. The largest absolute Gasteiger partial charge is 0.354 e. The third-order valence-corrected chi connectivity index (χ3v) is 3.56. The van der Waals surface area contributed by atoms with E-state index in [9.17, 15) is 0 Å². The van der Waals surface area contributed by atoms with Crippen molar-refractivity contribution in [2.45, 2.75) is 27.2 Å². The van der Waals surface area contributed by atoms with Crippen LogP contribution in [0.2, 0.25) is 5.02 Å². The molecule has 1 N–H and O–H groups in total. The summed E-state index contributed by atoms with van der Waals surface area (Å²) in [5, 5.41) is 3.73. The van der Waals surface area contributed by atoms with E-state index in [1.54, 1.807) is 6.20 Å². The fraction of sp³-hybridized carbons (Fsp3) is 0.375. The molecule has 0 amide bonds. The molecule has 1 aromatic heterocycles. The van der Waals surface area contributed by atoms with Crippen molar-refractivity contribution in [2.24, 2.45) is 0 Å². The first-order valence-corrected chi connectivity index (χ1v) is 7.48. The van der Waals surface area contributed by atoms with Crippen molar-refractivity contribution >= 4 is 29.1 Å². The summed E-state index contributed by atoms with van der Waals surface area (Å²) in [6.45, 7) is 7.12. The average Bonchev–Trinajstić information content (AvgIpc) is 2.46. The van der Waals surface area contributed by atoms with Crippen LogP contribution >= 0.6 is 11.6 Å². The number of hydrogen-bond acceptors (Lipinski definition) is 4. The fourth-order valence-electron chi connectivity index (χ4n) is 2.21. The Kier molecular flexibility index (Phi) is 5.02. The van der Waals surface area contributed by atoms with Gasteiger partial charge in [-0.3, -0.25) is 0 Å². The zero-order valence-corrected chi connectivity index (χ0v) is 13.7. The first-order chi connectivity index (χ1) is 10.0. The number of aryl methyl sites for hydroxylation is 2. The van der Waals surface area contributed by atoms with Gasteiger partial charge in [-0.25, -0.2) is 4.98 Å². The highest BCUT2D eigenvalue weighted by atomic mass is 35.5. The Morgan fingerprint density at radius 3 is 2.71 bits per heavy atom. The molecule has 5 heteroatoms. The predicted molar refractivity (Wildman–Crippen MR) is 89.8 cm³/mol. The predicted octanol–water partition coefficient (Wildman–Crippen LogP) is 4.34. The minimum Gasteiger partial charge on any atom is -0.354 e. The SMILES string of the molecule is CCCNc1ncc(Cl)c(N(C)c2ccc(C)cc2C)n1. The lowest BCUT2D eigenvalue weighted by molar-refractivity contribution is 0.948. The van der Waals surface area contributed by atoms with Crippen LogP contribution in [0.1, 0.15) is 24.5 Å². The third kappa shape index (κ3) is 3.64. The first-order valence-electron chi connectivity index (χ1n) is 7.10. The molecule has 0 saturated heterocycles. The van der Waals surface area contributed by atoms with E-state index in [-0.39, 0.29) is 0 Å². The maximum absolute atomic E-state index is 6.26. The minimum absolute atomic E-state index is 0.541. The summed E-state index contributed by atoms with van der Waals surface area (Å²) in [7, 11) is 1.97. The molecule has 21 heavy (non-hydrogen) atoms. The summed E-state index contributed by atoms with van der Waals surface area (Å²) in [5.41, 5.74) is 3.52. The Labute approximate surface area is 131 Å². The second-order valence-electron chi connectivity index (χ2n) is 5.14. The summed E-state index contributed by atoms with van der Waals surface area (Å²) in [5.74, 6) is 1.31. The normalized spacial score (nSPS) is 10.5. The molecule has 112 valence electrons. The summed E-state index contributed by atoms with van der Waals surface area (Å²) < 4.78 is 0. The van der Waals surface area contributed by atoms with Crippen molar-refractivity contribution < 1.29 is 0 Å². The molecule has 0 unspecified atom stereocenters. The van der Waals surface area contributed by atoms with Crippen LogP contribution in [0.15, 0.2) is 24.4 Å². The van der Waals surface area contributed by atoms with E-state index in [0.29, 0.717) is 16.8 Å². The van der Waals surface area contributed by atoms with Crippen LogP contribution in [0, 0.1) is 13.8 Å². The van der Waals surface area contributed by atoms with E-state index in [1.165, 1.54) is 11.1 Å². The van der Waals surface area contributed by atoms with Gasteiger partial charge in [-0.2, -0.15) is 4.98 Å². The minimum atomic E-state index is 0.541. The van der Waals surface area contributed by atoms with E-state index in [1.807, 2.05) is 11.9 Å². The molecule has 0 aliphatic heterocycles. The standard InChI is InChI=1S/C16H21ClN4/c1-5-8-18-16-19-10-13(17)15(20-16)21(4)14-7-6-11(2)9-12(14)3/h6-7,9-10H,5,8H2,1-4H3,(H,18,19,20). The third-order valence-electron chi connectivity index (χ3n) is 3.29. The Balaban J connectivity index is 2.35. The highest BCUT2D eigenvalue weighted by Crippen LogP contribution is 2.31. The van der Waals surface area contributed by atoms with E-state index >= 15 is 0 Å². The molecule has 0 radical (unpaired) electrons. The molecule has 0 bridgehead atoms. The molecule has 2 aromatic rings. The van der Waals surface area contributed by atoms with Crippen molar-refractivity contribution in [3.63, 3.8) is 0 Å². The van der Waals surface area contributed by atoms with Crippen molar-refractivity contribution in [1.82, 2.24) is 9.97 Å². The van der Waals surface area contributed by atoms with Crippen molar-refractivity contribution in [3.05, 3.63) is 40.5 Å². The van der Waals surface area contributed by atoms with Gasteiger partial charge in [-0.15, -0.1) is 0 Å². The molecular weight excluding hydrogens is 284 g/mol. The smallest absolute Gasteiger partial charge is 0.224 e. The van der Waals surface area contributed by atoms with Gasteiger partial charge >= 0.3 is 0 Å². The Morgan fingerprint density at radius 1 is 1.29 bits per heavy atom. The number of hydrogen-bond donors (Lipinski definition) is 1. The maximum atomic E-state index is 6.26. The molecule has 1 aromatic carbocycles. The van der Waals surface area contributed by atoms with Crippen LogP contribution in [0.5, 0.6) is 0 Å². The summed E-state index contributed by atoms with van der Waals surface area (Å²) in [6.07, 6.45) is 2.66. The maximum Gasteiger partial charge on any atom is 0.224 e. The van der Waals surface area contributed by atoms with E-state index in [4.69, 9.17) is 11.6 Å².